The zero-order valence-corrected chi connectivity index (χ0v) is 10.6. The highest BCUT2D eigenvalue weighted by Gasteiger charge is 2.59. The van der Waals surface area contributed by atoms with Crippen LogP contribution in [0.25, 0.3) is 0 Å². The summed E-state index contributed by atoms with van der Waals surface area (Å²) in [7, 11) is 0. The molecule has 1 aliphatic carbocycles. The van der Waals surface area contributed by atoms with Crippen LogP contribution in [0, 0.1) is 5.92 Å². The van der Waals surface area contributed by atoms with E-state index < -0.39 is 48.3 Å². The standard InChI is InChI=1S/C11H14F5NO3/c1-9(8(19)20,11(14,15)16)17-7(18)6-2-4-10(12,13)5-3-6/h6H,2-5H2,1H3,(H,17,18)(H,19,20). The normalized spacial score (nSPS) is 22.9. The van der Waals surface area contributed by atoms with Crippen molar-refractivity contribution in [3.63, 3.8) is 0 Å². The van der Waals surface area contributed by atoms with Crippen molar-refractivity contribution in [1.29, 1.82) is 0 Å². The lowest BCUT2D eigenvalue weighted by Gasteiger charge is -2.32. The molecule has 0 saturated heterocycles. The fourth-order valence-electron chi connectivity index (χ4n) is 1.90. The van der Waals surface area contributed by atoms with Crippen molar-refractivity contribution in [2.75, 3.05) is 0 Å². The molecule has 20 heavy (non-hydrogen) atoms. The van der Waals surface area contributed by atoms with Crippen molar-refractivity contribution in [3.8, 4) is 0 Å². The zero-order valence-electron chi connectivity index (χ0n) is 10.6. The zero-order chi connectivity index (χ0) is 15.8. The average molecular weight is 303 g/mol. The number of carboxylic acids is 1. The maximum atomic E-state index is 12.9. The van der Waals surface area contributed by atoms with E-state index in [1.54, 1.807) is 0 Å². The van der Waals surface area contributed by atoms with Crippen LogP contribution in [0.1, 0.15) is 32.6 Å². The Bertz CT molecular complexity index is 399. The smallest absolute Gasteiger partial charge is 0.422 e. The molecule has 2 N–H and O–H groups in total. The van der Waals surface area contributed by atoms with E-state index in [0.29, 0.717) is 6.92 Å². The van der Waals surface area contributed by atoms with E-state index in [2.05, 4.69) is 0 Å². The predicted molar refractivity (Wildman–Crippen MR) is 57.1 cm³/mol. The van der Waals surface area contributed by atoms with Crippen LogP contribution in [0.4, 0.5) is 22.0 Å². The van der Waals surface area contributed by atoms with Gasteiger partial charge in [0.15, 0.2) is 0 Å². The molecule has 0 bridgehead atoms. The van der Waals surface area contributed by atoms with Gasteiger partial charge in [0.25, 0.3) is 0 Å². The van der Waals surface area contributed by atoms with E-state index in [4.69, 9.17) is 5.11 Å². The second kappa shape index (κ2) is 5.17. The molecule has 1 aliphatic rings. The highest BCUT2D eigenvalue weighted by Crippen LogP contribution is 2.37. The largest absolute Gasteiger partial charge is 0.479 e. The van der Waals surface area contributed by atoms with E-state index in [1.807, 2.05) is 0 Å². The Hall–Kier alpha value is -1.41. The SMILES string of the molecule is CC(NC(=O)C1CCC(F)(F)CC1)(C(=O)O)C(F)(F)F. The molecule has 0 spiro atoms. The molecular weight excluding hydrogens is 289 g/mol. The molecule has 1 saturated carbocycles. The van der Waals surface area contributed by atoms with Gasteiger partial charge in [0.05, 0.1) is 0 Å². The van der Waals surface area contributed by atoms with Crippen molar-refractivity contribution >= 4 is 11.9 Å². The van der Waals surface area contributed by atoms with Gasteiger partial charge in [0.1, 0.15) is 0 Å². The molecule has 0 aromatic heterocycles. The third-order valence-electron chi connectivity index (χ3n) is 3.46. The highest BCUT2D eigenvalue weighted by molar-refractivity contribution is 5.88. The first kappa shape index (κ1) is 16.6. The number of nitrogens with one attached hydrogen (secondary N) is 1. The fraction of sp³-hybridized carbons (Fsp3) is 0.818. The summed E-state index contributed by atoms with van der Waals surface area (Å²) in [5, 5.41) is 10.1. The van der Waals surface area contributed by atoms with Crippen LogP contribution < -0.4 is 5.32 Å². The third-order valence-corrected chi connectivity index (χ3v) is 3.46. The number of carbonyl (C=O) groups is 2. The molecule has 4 nitrogen and oxygen atoms in total. The maximum Gasteiger partial charge on any atom is 0.422 e. The van der Waals surface area contributed by atoms with Gasteiger partial charge in [0, 0.05) is 18.8 Å². The first-order chi connectivity index (χ1) is 8.89. The minimum absolute atomic E-state index is 0.271. The summed E-state index contributed by atoms with van der Waals surface area (Å²) in [6, 6.07) is 0. The molecule has 9 heteroatoms. The predicted octanol–water partition coefficient (Wildman–Crippen LogP) is 2.33. The van der Waals surface area contributed by atoms with E-state index in [9.17, 15) is 31.5 Å². The molecule has 116 valence electrons. The maximum absolute atomic E-state index is 12.9. The molecule has 1 amide bonds. The summed E-state index contributed by atoms with van der Waals surface area (Å²) in [5.74, 6) is -7.37. The first-order valence-corrected chi connectivity index (χ1v) is 5.89. The average Bonchev–Trinajstić information content (AvgIpc) is 2.26. The number of aliphatic carboxylic acids is 1. The Kier molecular flexibility index (Phi) is 4.31. The quantitative estimate of drug-likeness (QED) is 0.786. The minimum Gasteiger partial charge on any atom is -0.479 e. The Morgan fingerprint density at radius 3 is 2.00 bits per heavy atom. The second-order valence-electron chi connectivity index (χ2n) is 5.05. The molecule has 1 fully saturated rings. The summed E-state index contributed by atoms with van der Waals surface area (Å²) < 4.78 is 63.9. The topological polar surface area (TPSA) is 66.4 Å². The van der Waals surface area contributed by atoms with Gasteiger partial charge in [-0.15, -0.1) is 0 Å². The van der Waals surface area contributed by atoms with Crippen molar-refractivity contribution in [1.82, 2.24) is 5.32 Å². The molecule has 0 aromatic carbocycles. The monoisotopic (exact) mass is 303 g/mol. The third kappa shape index (κ3) is 3.37. The van der Waals surface area contributed by atoms with Crippen molar-refractivity contribution in [2.24, 2.45) is 5.92 Å². The Labute approximate surface area is 111 Å². The number of hydrogen-bond acceptors (Lipinski definition) is 2. The summed E-state index contributed by atoms with van der Waals surface area (Å²) in [6.45, 7) is 0.324. The molecule has 0 aliphatic heterocycles. The number of carbonyl (C=O) groups excluding carboxylic acids is 1. The number of carboxylic acid groups (broad SMARTS) is 1. The van der Waals surface area contributed by atoms with E-state index in [-0.39, 0.29) is 12.8 Å². The van der Waals surface area contributed by atoms with Gasteiger partial charge in [0.2, 0.25) is 17.4 Å². The second-order valence-corrected chi connectivity index (χ2v) is 5.05. The van der Waals surface area contributed by atoms with Crippen LogP contribution in [-0.4, -0.2) is 34.6 Å². The number of amides is 1. The minimum atomic E-state index is -5.19. The van der Waals surface area contributed by atoms with Gasteiger partial charge < -0.3 is 10.4 Å². The van der Waals surface area contributed by atoms with Gasteiger partial charge in [-0.3, -0.25) is 4.79 Å². The van der Waals surface area contributed by atoms with Crippen LogP contribution in [0.2, 0.25) is 0 Å². The van der Waals surface area contributed by atoms with Gasteiger partial charge in [-0.1, -0.05) is 0 Å². The van der Waals surface area contributed by atoms with Crippen LogP contribution in [0.3, 0.4) is 0 Å². The lowest BCUT2D eigenvalue weighted by atomic mass is 9.85. The number of halogens is 5. The summed E-state index contributed by atoms with van der Waals surface area (Å²) in [5.41, 5.74) is -3.43. The molecule has 1 atom stereocenters. The van der Waals surface area contributed by atoms with E-state index >= 15 is 0 Å². The van der Waals surface area contributed by atoms with Crippen molar-refractivity contribution < 1.29 is 36.6 Å². The van der Waals surface area contributed by atoms with Gasteiger partial charge in [-0.25, -0.2) is 13.6 Å². The summed E-state index contributed by atoms with van der Waals surface area (Å²) in [4.78, 5) is 22.4. The Balaban J connectivity index is 2.77. The molecule has 0 radical (unpaired) electrons. The van der Waals surface area contributed by atoms with Crippen molar-refractivity contribution in [3.05, 3.63) is 0 Å². The lowest BCUT2D eigenvalue weighted by molar-refractivity contribution is -0.207. The molecular formula is C11H14F5NO3. The Morgan fingerprint density at radius 1 is 1.20 bits per heavy atom. The van der Waals surface area contributed by atoms with E-state index in [1.165, 1.54) is 5.32 Å². The van der Waals surface area contributed by atoms with Crippen LogP contribution in [-0.2, 0) is 9.59 Å². The first-order valence-electron chi connectivity index (χ1n) is 5.89. The summed E-state index contributed by atoms with van der Waals surface area (Å²) >= 11 is 0. The Morgan fingerprint density at radius 2 is 1.65 bits per heavy atom. The number of alkyl halides is 5. The number of hydrogen-bond donors (Lipinski definition) is 2. The lowest BCUT2D eigenvalue weighted by Crippen LogP contribution is -2.63. The van der Waals surface area contributed by atoms with Gasteiger partial charge in [-0.2, -0.15) is 13.2 Å². The van der Waals surface area contributed by atoms with Crippen molar-refractivity contribution in [2.45, 2.75) is 50.2 Å². The van der Waals surface area contributed by atoms with Crippen LogP contribution in [0.5, 0.6) is 0 Å². The highest BCUT2D eigenvalue weighted by atomic mass is 19.4. The van der Waals surface area contributed by atoms with Gasteiger partial charge in [-0.05, 0) is 19.8 Å². The fourth-order valence-corrected chi connectivity index (χ4v) is 1.90. The molecule has 0 aromatic rings. The number of rotatable bonds is 3. The molecule has 0 heterocycles. The summed E-state index contributed by atoms with van der Waals surface area (Å²) in [6.07, 6.45) is -6.92. The van der Waals surface area contributed by atoms with Gasteiger partial charge >= 0.3 is 12.1 Å². The molecule has 1 rings (SSSR count). The molecule has 1 unspecified atom stereocenters. The van der Waals surface area contributed by atoms with E-state index in [0.717, 1.165) is 0 Å². The van der Waals surface area contributed by atoms with Crippen LogP contribution >= 0.6 is 0 Å². The van der Waals surface area contributed by atoms with Crippen LogP contribution in [0.15, 0.2) is 0 Å².